The Bertz CT molecular complexity index is 903. The van der Waals surface area contributed by atoms with Crippen LogP contribution >= 0.6 is 0 Å². The largest absolute Gasteiger partial charge is 0.493 e. The summed E-state index contributed by atoms with van der Waals surface area (Å²) in [5, 5.41) is 0. The highest BCUT2D eigenvalue weighted by Crippen LogP contribution is 2.37. The second-order valence-corrected chi connectivity index (χ2v) is 5.84. The van der Waals surface area contributed by atoms with Crippen LogP contribution in [0.2, 0.25) is 0 Å². The summed E-state index contributed by atoms with van der Waals surface area (Å²) < 4.78 is 22.4. The predicted octanol–water partition coefficient (Wildman–Crippen LogP) is 4.23. The quantitative estimate of drug-likeness (QED) is 0.506. The lowest BCUT2D eigenvalue weighted by molar-refractivity contribution is -0.129. The topological polar surface area (TPSA) is 66.3 Å². The molecule has 0 bridgehead atoms. The lowest BCUT2D eigenvalue weighted by atomic mass is 10.1. The number of benzene rings is 2. The van der Waals surface area contributed by atoms with Gasteiger partial charge >= 0.3 is 5.97 Å². The fraction of sp³-hybridized carbons (Fsp3) is 0.273. The molecular weight excluding hydrogens is 358 g/mol. The fourth-order valence-corrected chi connectivity index (χ4v) is 2.75. The molecule has 0 unspecified atom stereocenters. The van der Waals surface area contributed by atoms with Gasteiger partial charge < -0.3 is 18.9 Å². The van der Waals surface area contributed by atoms with E-state index in [0.717, 1.165) is 5.56 Å². The Morgan fingerprint density at radius 2 is 1.50 bits per heavy atom. The van der Waals surface area contributed by atoms with Gasteiger partial charge in [-0.05, 0) is 45.0 Å². The van der Waals surface area contributed by atoms with E-state index in [-0.39, 0.29) is 11.6 Å². The molecule has 1 aliphatic heterocycles. The van der Waals surface area contributed by atoms with Crippen molar-refractivity contribution in [3.63, 3.8) is 0 Å². The third-order valence-corrected chi connectivity index (χ3v) is 3.91. The van der Waals surface area contributed by atoms with Crippen molar-refractivity contribution in [1.29, 1.82) is 0 Å². The molecule has 2 aromatic rings. The van der Waals surface area contributed by atoms with Gasteiger partial charge in [0.1, 0.15) is 5.75 Å². The molecule has 0 atom stereocenters. The van der Waals surface area contributed by atoms with Gasteiger partial charge in [0.2, 0.25) is 5.90 Å². The van der Waals surface area contributed by atoms with Gasteiger partial charge in [-0.2, -0.15) is 0 Å². The van der Waals surface area contributed by atoms with Gasteiger partial charge in [-0.3, -0.25) is 0 Å². The van der Waals surface area contributed by atoms with Crippen LogP contribution in [0.15, 0.2) is 53.2 Å². The Labute approximate surface area is 164 Å². The highest BCUT2D eigenvalue weighted by atomic mass is 16.6. The first-order valence-corrected chi connectivity index (χ1v) is 9.30. The highest BCUT2D eigenvalue weighted by Gasteiger charge is 2.25. The van der Waals surface area contributed by atoms with Gasteiger partial charge in [-0.15, -0.1) is 0 Å². The molecule has 1 aliphatic rings. The minimum absolute atomic E-state index is 0.200. The highest BCUT2D eigenvalue weighted by molar-refractivity contribution is 6.12. The number of aliphatic imine (C=N–C) groups is 1. The van der Waals surface area contributed by atoms with Crippen molar-refractivity contribution in [1.82, 2.24) is 0 Å². The first kappa shape index (κ1) is 19.5. The number of hydrogen-bond acceptors (Lipinski definition) is 6. The average Bonchev–Trinajstić information content (AvgIpc) is 3.07. The van der Waals surface area contributed by atoms with Crippen molar-refractivity contribution in [2.24, 2.45) is 4.99 Å². The number of hydrogen-bond donors (Lipinski definition) is 0. The van der Waals surface area contributed by atoms with Crippen molar-refractivity contribution < 1.29 is 23.7 Å². The second-order valence-electron chi connectivity index (χ2n) is 5.84. The van der Waals surface area contributed by atoms with E-state index in [1.165, 1.54) is 0 Å². The summed E-state index contributed by atoms with van der Waals surface area (Å²) in [7, 11) is 0. The minimum Gasteiger partial charge on any atom is -0.493 e. The first-order chi connectivity index (χ1) is 13.7. The van der Waals surface area contributed by atoms with Crippen molar-refractivity contribution in [2.45, 2.75) is 20.8 Å². The van der Waals surface area contributed by atoms with E-state index >= 15 is 0 Å². The van der Waals surface area contributed by atoms with Gasteiger partial charge in [0.15, 0.2) is 17.2 Å². The van der Waals surface area contributed by atoms with Crippen molar-refractivity contribution in [2.75, 3.05) is 19.8 Å². The SMILES string of the molecule is CCOc1cc(OCC)c(OCC)cc1C=C1N=C(c2ccccc2)OC1=O. The maximum absolute atomic E-state index is 12.3. The summed E-state index contributed by atoms with van der Waals surface area (Å²) in [5.41, 5.74) is 1.61. The summed E-state index contributed by atoms with van der Waals surface area (Å²) in [4.78, 5) is 16.7. The van der Waals surface area contributed by atoms with Crippen molar-refractivity contribution in [3.05, 3.63) is 59.3 Å². The molecule has 0 amide bonds. The Kier molecular flexibility index (Phi) is 6.32. The molecule has 0 aliphatic carbocycles. The third-order valence-electron chi connectivity index (χ3n) is 3.91. The van der Waals surface area contributed by atoms with Crippen LogP contribution in [0.5, 0.6) is 17.2 Å². The molecule has 2 aromatic carbocycles. The maximum atomic E-state index is 12.3. The second kappa shape index (κ2) is 9.08. The molecule has 0 spiro atoms. The molecule has 3 rings (SSSR count). The Hall–Kier alpha value is -3.28. The van der Waals surface area contributed by atoms with Crippen LogP contribution < -0.4 is 14.2 Å². The van der Waals surface area contributed by atoms with E-state index in [1.54, 1.807) is 18.2 Å². The Balaban J connectivity index is 2.02. The van der Waals surface area contributed by atoms with E-state index in [0.29, 0.717) is 42.6 Å². The number of cyclic esters (lactones) is 1. The number of esters is 1. The molecule has 1 heterocycles. The van der Waals surface area contributed by atoms with Crippen LogP contribution in [-0.4, -0.2) is 31.7 Å². The van der Waals surface area contributed by atoms with Crippen LogP contribution in [-0.2, 0) is 9.53 Å². The molecule has 0 saturated heterocycles. The molecule has 0 aromatic heterocycles. The summed E-state index contributed by atoms with van der Waals surface area (Å²) in [5.74, 6) is 1.53. The molecule has 6 heteroatoms. The van der Waals surface area contributed by atoms with E-state index in [4.69, 9.17) is 18.9 Å². The Morgan fingerprint density at radius 3 is 2.14 bits per heavy atom. The number of nitrogens with zero attached hydrogens (tertiary/aromatic N) is 1. The zero-order valence-electron chi connectivity index (χ0n) is 16.2. The van der Waals surface area contributed by atoms with E-state index in [2.05, 4.69) is 4.99 Å². The van der Waals surface area contributed by atoms with E-state index in [1.807, 2.05) is 51.1 Å². The van der Waals surface area contributed by atoms with Gasteiger partial charge in [0.25, 0.3) is 0 Å². The third kappa shape index (κ3) is 4.34. The lowest BCUT2D eigenvalue weighted by Crippen LogP contribution is -2.05. The predicted molar refractivity (Wildman–Crippen MR) is 107 cm³/mol. The fourth-order valence-electron chi connectivity index (χ4n) is 2.75. The summed E-state index contributed by atoms with van der Waals surface area (Å²) in [6.45, 7) is 7.16. The molecule has 0 radical (unpaired) electrons. The van der Waals surface area contributed by atoms with Crippen LogP contribution in [0.4, 0.5) is 0 Å². The zero-order chi connectivity index (χ0) is 19.9. The number of carbonyl (C=O) groups is 1. The van der Waals surface area contributed by atoms with Gasteiger partial charge in [0, 0.05) is 17.2 Å². The molecular formula is C22H23NO5. The van der Waals surface area contributed by atoms with Crippen LogP contribution in [0.1, 0.15) is 31.9 Å². The van der Waals surface area contributed by atoms with Gasteiger partial charge in [0.05, 0.1) is 19.8 Å². The van der Waals surface area contributed by atoms with Gasteiger partial charge in [-0.25, -0.2) is 9.79 Å². The molecule has 6 nitrogen and oxygen atoms in total. The number of carbonyl (C=O) groups excluding carboxylic acids is 1. The van der Waals surface area contributed by atoms with Crippen molar-refractivity contribution in [3.8, 4) is 17.2 Å². The summed E-state index contributed by atoms with van der Waals surface area (Å²) >= 11 is 0. The summed E-state index contributed by atoms with van der Waals surface area (Å²) in [6.07, 6.45) is 1.64. The minimum atomic E-state index is -0.506. The molecule has 0 saturated carbocycles. The first-order valence-electron chi connectivity index (χ1n) is 9.30. The monoisotopic (exact) mass is 381 g/mol. The normalized spacial score (nSPS) is 14.6. The molecule has 0 fully saturated rings. The van der Waals surface area contributed by atoms with E-state index < -0.39 is 5.97 Å². The average molecular weight is 381 g/mol. The van der Waals surface area contributed by atoms with Crippen LogP contribution in [0.25, 0.3) is 6.08 Å². The van der Waals surface area contributed by atoms with Crippen molar-refractivity contribution >= 4 is 17.9 Å². The summed E-state index contributed by atoms with van der Waals surface area (Å²) in [6, 6.07) is 12.8. The zero-order valence-corrected chi connectivity index (χ0v) is 16.2. The maximum Gasteiger partial charge on any atom is 0.363 e. The number of rotatable bonds is 8. The molecule has 0 N–H and O–H groups in total. The van der Waals surface area contributed by atoms with Gasteiger partial charge in [-0.1, -0.05) is 18.2 Å². The molecule has 28 heavy (non-hydrogen) atoms. The van der Waals surface area contributed by atoms with Crippen LogP contribution in [0.3, 0.4) is 0 Å². The number of ether oxygens (including phenoxy) is 4. The lowest BCUT2D eigenvalue weighted by Gasteiger charge is -2.15. The smallest absolute Gasteiger partial charge is 0.363 e. The van der Waals surface area contributed by atoms with Crippen LogP contribution in [0, 0.1) is 0 Å². The standard InChI is InChI=1S/C22H23NO5/c1-4-25-18-14-20(27-6-3)19(26-5-2)13-16(18)12-17-22(24)28-21(23-17)15-10-8-7-9-11-15/h7-14H,4-6H2,1-3H3. The Morgan fingerprint density at radius 1 is 0.893 bits per heavy atom. The molecule has 146 valence electrons. The van der Waals surface area contributed by atoms with E-state index in [9.17, 15) is 4.79 Å².